The number of amides is 1. The van der Waals surface area contributed by atoms with E-state index in [4.69, 9.17) is 4.74 Å². The number of benzene rings is 2. The van der Waals surface area contributed by atoms with E-state index in [0.717, 1.165) is 0 Å². The Labute approximate surface area is 166 Å². The van der Waals surface area contributed by atoms with Crippen molar-refractivity contribution in [1.29, 1.82) is 0 Å². The van der Waals surface area contributed by atoms with Crippen LogP contribution in [0, 0.1) is 17.0 Å². The number of hydrogen-bond acceptors (Lipinski definition) is 6. The third-order valence-electron chi connectivity index (χ3n) is 4.19. The van der Waals surface area contributed by atoms with Crippen LogP contribution in [0.2, 0.25) is 0 Å². The van der Waals surface area contributed by atoms with Gasteiger partial charge in [-0.15, -0.1) is 0 Å². The van der Waals surface area contributed by atoms with Crippen molar-refractivity contribution in [3.63, 3.8) is 0 Å². The van der Waals surface area contributed by atoms with Gasteiger partial charge in [-0.05, 0) is 44.2 Å². The van der Waals surface area contributed by atoms with Crippen molar-refractivity contribution >= 4 is 23.3 Å². The average Bonchev–Trinajstić information content (AvgIpc) is 3.10. The number of non-ortho nitro benzene ring substituents is 1. The van der Waals surface area contributed by atoms with Gasteiger partial charge in [0.2, 0.25) is 0 Å². The van der Waals surface area contributed by atoms with Gasteiger partial charge in [-0.3, -0.25) is 14.9 Å². The fraction of sp³-hybridized carbons (Fsp3) is 0.150. The number of anilines is 1. The van der Waals surface area contributed by atoms with Gasteiger partial charge >= 0.3 is 5.97 Å². The van der Waals surface area contributed by atoms with Gasteiger partial charge in [0.25, 0.3) is 11.6 Å². The fourth-order valence-corrected chi connectivity index (χ4v) is 2.73. The Kier molecular flexibility index (Phi) is 5.68. The van der Waals surface area contributed by atoms with E-state index in [2.05, 4.69) is 10.4 Å². The molecule has 0 saturated carbocycles. The number of carbonyl (C=O) groups is 2. The zero-order chi connectivity index (χ0) is 21.0. The van der Waals surface area contributed by atoms with E-state index >= 15 is 0 Å². The molecule has 29 heavy (non-hydrogen) atoms. The molecule has 9 heteroatoms. The maximum absolute atomic E-state index is 12.4. The third-order valence-corrected chi connectivity index (χ3v) is 4.19. The van der Waals surface area contributed by atoms with Gasteiger partial charge in [0.1, 0.15) is 5.56 Å². The first-order valence-corrected chi connectivity index (χ1v) is 8.78. The second-order valence-electron chi connectivity index (χ2n) is 6.08. The lowest BCUT2D eigenvalue weighted by Crippen LogP contribution is -2.12. The Hall–Kier alpha value is -4.01. The third kappa shape index (κ3) is 4.29. The highest BCUT2D eigenvalue weighted by Gasteiger charge is 2.16. The molecule has 0 bridgehead atoms. The molecule has 1 N–H and O–H groups in total. The molecular weight excluding hydrogens is 376 g/mol. The quantitative estimate of drug-likeness (QED) is 0.388. The van der Waals surface area contributed by atoms with Gasteiger partial charge in [0.15, 0.2) is 0 Å². The summed E-state index contributed by atoms with van der Waals surface area (Å²) in [5.74, 6) is -0.842. The largest absolute Gasteiger partial charge is 0.462 e. The van der Waals surface area contributed by atoms with E-state index in [9.17, 15) is 19.7 Å². The summed E-state index contributed by atoms with van der Waals surface area (Å²) in [5, 5.41) is 17.7. The van der Waals surface area contributed by atoms with Gasteiger partial charge in [0.05, 0.1) is 29.1 Å². The van der Waals surface area contributed by atoms with Crippen LogP contribution >= 0.6 is 0 Å². The maximum Gasteiger partial charge on any atom is 0.341 e. The summed E-state index contributed by atoms with van der Waals surface area (Å²) in [6, 6.07) is 12.3. The number of ether oxygens (including phenoxy) is 1. The molecule has 3 rings (SSSR count). The lowest BCUT2D eigenvalue weighted by Gasteiger charge is -2.08. The van der Waals surface area contributed by atoms with Crippen LogP contribution in [-0.4, -0.2) is 33.2 Å². The number of aromatic nitrogens is 2. The van der Waals surface area contributed by atoms with E-state index in [1.54, 1.807) is 48.9 Å². The Morgan fingerprint density at radius 1 is 1.21 bits per heavy atom. The summed E-state index contributed by atoms with van der Waals surface area (Å²) in [6.07, 6.45) is 1.44. The van der Waals surface area contributed by atoms with Crippen molar-refractivity contribution in [3.05, 3.63) is 81.7 Å². The van der Waals surface area contributed by atoms with Crippen molar-refractivity contribution in [2.45, 2.75) is 13.8 Å². The van der Waals surface area contributed by atoms with Gasteiger partial charge in [-0.2, -0.15) is 5.10 Å². The van der Waals surface area contributed by atoms with Crippen molar-refractivity contribution in [3.8, 4) is 5.69 Å². The first-order valence-electron chi connectivity index (χ1n) is 8.78. The predicted molar refractivity (Wildman–Crippen MR) is 105 cm³/mol. The Morgan fingerprint density at radius 3 is 2.59 bits per heavy atom. The van der Waals surface area contributed by atoms with E-state index in [1.165, 1.54) is 24.4 Å². The average molecular weight is 394 g/mol. The zero-order valence-corrected chi connectivity index (χ0v) is 15.8. The van der Waals surface area contributed by atoms with Crippen LogP contribution in [0.4, 0.5) is 11.4 Å². The molecule has 1 heterocycles. The smallest absolute Gasteiger partial charge is 0.341 e. The fourth-order valence-electron chi connectivity index (χ4n) is 2.73. The number of carbonyl (C=O) groups excluding carboxylic acids is 2. The van der Waals surface area contributed by atoms with E-state index < -0.39 is 16.8 Å². The lowest BCUT2D eigenvalue weighted by molar-refractivity contribution is -0.384. The zero-order valence-electron chi connectivity index (χ0n) is 15.8. The molecule has 0 unspecified atom stereocenters. The van der Waals surface area contributed by atoms with E-state index in [1.807, 2.05) is 0 Å². The van der Waals surface area contributed by atoms with Crippen LogP contribution in [-0.2, 0) is 4.74 Å². The van der Waals surface area contributed by atoms with Crippen LogP contribution < -0.4 is 5.32 Å². The molecule has 0 radical (unpaired) electrons. The SMILES string of the molecule is CCOC(=O)c1cnn(-c2ccc(C(=O)Nc3cccc([N+](=O)[O-])c3)cc2)c1C. The topological polar surface area (TPSA) is 116 Å². The highest BCUT2D eigenvalue weighted by molar-refractivity contribution is 6.04. The van der Waals surface area contributed by atoms with Crippen LogP contribution in [0.3, 0.4) is 0 Å². The summed E-state index contributed by atoms with van der Waals surface area (Å²) in [7, 11) is 0. The molecule has 148 valence electrons. The van der Waals surface area contributed by atoms with Crippen molar-refractivity contribution in [1.82, 2.24) is 9.78 Å². The molecular formula is C20H18N4O5. The number of rotatable bonds is 6. The van der Waals surface area contributed by atoms with Gasteiger partial charge in [0, 0.05) is 23.4 Å². The molecule has 0 spiro atoms. The minimum Gasteiger partial charge on any atom is -0.462 e. The minimum absolute atomic E-state index is 0.107. The maximum atomic E-state index is 12.4. The van der Waals surface area contributed by atoms with Crippen LogP contribution in [0.5, 0.6) is 0 Å². The predicted octanol–water partition coefficient (Wildman–Crippen LogP) is 3.52. The first kappa shape index (κ1) is 19.7. The molecule has 2 aromatic carbocycles. The number of nitro groups is 1. The van der Waals surface area contributed by atoms with E-state index in [0.29, 0.717) is 28.2 Å². The Morgan fingerprint density at radius 2 is 1.93 bits per heavy atom. The normalized spacial score (nSPS) is 10.4. The second-order valence-corrected chi connectivity index (χ2v) is 6.08. The number of nitro benzene ring substituents is 1. The number of hydrogen-bond donors (Lipinski definition) is 1. The molecule has 0 atom stereocenters. The number of nitrogens with one attached hydrogen (secondary N) is 1. The lowest BCUT2D eigenvalue weighted by atomic mass is 10.1. The van der Waals surface area contributed by atoms with Gasteiger partial charge in [-0.1, -0.05) is 6.07 Å². The number of esters is 1. The molecule has 0 aliphatic heterocycles. The summed E-state index contributed by atoms with van der Waals surface area (Å²) in [6.45, 7) is 3.76. The van der Waals surface area contributed by atoms with Crippen LogP contribution in [0.1, 0.15) is 33.3 Å². The molecule has 0 fully saturated rings. The second kappa shape index (κ2) is 8.34. The summed E-state index contributed by atoms with van der Waals surface area (Å²) in [5.41, 5.74) is 2.26. The first-order chi connectivity index (χ1) is 13.9. The van der Waals surface area contributed by atoms with E-state index in [-0.39, 0.29) is 12.3 Å². The Bertz CT molecular complexity index is 1070. The summed E-state index contributed by atoms with van der Waals surface area (Å²) < 4.78 is 6.58. The Balaban J connectivity index is 1.77. The molecule has 0 aliphatic rings. The standard InChI is InChI=1S/C20H18N4O5/c1-3-29-20(26)18-12-21-23(13(18)2)16-9-7-14(8-10-16)19(25)22-15-5-4-6-17(11-15)24(27)28/h4-12H,3H2,1-2H3,(H,22,25). The summed E-state index contributed by atoms with van der Waals surface area (Å²) in [4.78, 5) is 34.7. The minimum atomic E-state index is -0.526. The van der Waals surface area contributed by atoms with Gasteiger partial charge < -0.3 is 10.1 Å². The van der Waals surface area contributed by atoms with Crippen molar-refractivity contribution < 1.29 is 19.2 Å². The molecule has 1 amide bonds. The number of nitrogens with zero attached hydrogens (tertiary/aromatic N) is 3. The van der Waals surface area contributed by atoms with Crippen molar-refractivity contribution in [2.75, 3.05) is 11.9 Å². The molecule has 3 aromatic rings. The van der Waals surface area contributed by atoms with Crippen molar-refractivity contribution in [2.24, 2.45) is 0 Å². The van der Waals surface area contributed by atoms with Gasteiger partial charge in [-0.25, -0.2) is 9.48 Å². The summed E-state index contributed by atoms with van der Waals surface area (Å²) >= 11 is 0. The highest BCUT2D eigenvalue weighted by Crippen LogP contribution is 2.19. The van der Waals surface area contributed by atoms with Crippen LogP contribution in [0.15, 0.2) is 54.7 Å². The molecule has 0 saturated heterocycles. The van der Waals surface area contributed by atoms with Crippen LogP contribution in [0.25, 0.3) is 5.69 Å². The monoisotopic (exact) mass is 394 g/mol. The molecule has 9 nitrogen and oxygen atoms in total. The molecule has 0 aliphatic carbocycles. The highest BCUT2D eigenvalue weighted by atomic mass is 16.6. The molecule has 1 aromatic heterocycles.